The minimum Gasteiger partial charge on any atom is -0.444 e. The molecule has 0 bridgehead atoms. The van der Waals surface area contributed by atoms with Gasteiger partial charge in [0.1, 0.15) is 11.1 Å². The van der Waals surface area contributed by atoms with Crippen LogP contribution in [0.25, 0.3) is 0 Å². The van der Waals surface area contributed by atoms with Crippen molar-refractivity contribution in [2.75, 3.05) is 6.54 Å². The summed E-state index contributed by atoms with van der Waals surface area (Å²) in [5.74, 6) is 0. The number of rotatable bonds is 4. The van der Waals surface area contributed by atoms with Crippen molar-refractivity contribution in [3.63, 3.8) is 0 Å². The lowest BCUT2D eigenvalue weighted by molar-refractivity contribution is -0.00441. The van der Waals surface area contributed by atoms with Gasteiger partial charge >= 0.3 is 6.09 Å². The van der Waals surface area contributed by atoms with Gasteiger partial charge in [0.05, 0.1) is 6.07 Å². The number of allylic oxidation sites excluding steroid dienone is 1. The van der Waals surface area contributed by atoms with Gasteiger partial charge in [0, 0.05) is 6.54 Å². The van der Waals surface area contributed by atoms with E-state index in [0.29, 0.717) is 13.0 Å². The van der Waals surface area contributed by atoms with E-state index in [0.717, 1.165) is 32.1 Å². The van der Waals surface area contributed by atoms with Gasteiger partial charge in [0.25, 0.3) is 0 Å². The first-order valence-corrected chi connectivity index (χ1v) is 7.37. The van der Waals surface area contributed by atoms with E-state index < -0.39 is 11.1 Å². The Balaban J connectivity index is 2.85. The van der Waals surface area contributed by atoms with E-state index >= 15 is 0 Å². The Morgan fingerprint density at radius 2 is 2.20 bits per heavy atom. The standard InChI is InChI=1S/C16H26N2O2/c1-5-6-7-10-16(13-17)11-8-9-12-18(16)14(19)20-15(2,3)4/h5H,1,6-12H2,2-4H3. The largest absolute Gasteiger partial charge is 0.444 e. The molecule has 0 aromatic rings. The summed E-state index contributed by atoms with van der Waals surface area (Å²) in [5.41, 5.74) is -1.24. The molecule has 4 nitrogen and oxygen atoms in total. The lowest BCUT2D eigenvalue weighted by Crippen LogP contribution is -2.55. The van der Waals surface area contributed by atoms with Gasteiger partial charge < -0.3 is 4.74 Å². The van der Waals surface area contributed by atoms with E-state index in [9.17, 15) is 10.1 Å². The highest BCUT2D eigenvalue weighted by Gasteiger charge is 2.43. The number of ether oxygens (including phenoxy) is 1. The summed E-state index contributed by atoms with van der Waals surface area (Å²) in [4.78, 5) is 14.0. The zero-order valence-electron chi connectivity index (χ0n) is 12.9. The molecule has 0 aromatic heterocycles. The molecule has 1 amide bonds. The van der Waals surface area contributed by atoms with Crippen molar-refractivity contribution in [1.82, 2.24) is 4.90 Å². The van der Waals surface area contributed by atoms with Crippen molar-refractivity contribution >= 4 is 6.09 Å². The Hall–Kier alpha value is -1.50. The van der Waals surface area contributed by atoms with Crippen LogP contribution in [-0.4, -0.2) is 28.7 Å². The zero-order valence-corrected chi connectivity index (χ0v) is 12.9. The number of carbonyl (C=O) groups excluding carboxylic acids is 1. The quantitative estimate of drug-likeness (QED) is 0.576. The van der Waals surface area contributed by atoms with Crippen molar-refractivity contribution < 1.29 is 9.53 Å². The Labute approximate surface area is 122 Å². The van der Waals surface area contributed by atoms with Crippen LogP contribution in [0.5, 0.6) is 0 Å². The van der Waals surface area contributed by atoms with Gasteiger partial charge in [-0.15, -0.1) is 6.58 Å². The van der Waals surface area contributed by atoms with Crippen LogP contribution < -0.4 is 0 Å². The topological polar surface area (TPSA) is 53.3 Å². The fourth-order valence-electron chi connectivity index (χ4n) is 2.59. The summed E-state index contributed by atoms with van der Waals surface area (Å²) in [6.45, 7) is 9.86. The Bertz CT molecular complexity index is 392. The predicted molar refractivity (Wildman–Crippen MR) is 79.2 cm³/mol. The highest BCUT2D eigenvalue weighted by atomic mass is 16.6. The van der Waals surface area contributed by atoms with Crippen LogP contribution in [0.3, 0.4) is 0 Å². The van der Waals surface area contributed by atoms with Gasteiger partial charge in [-0.25, -0.2) is 4.79 Å². The second-order valence-corrected chi connectivity index (χ2v) is 6.41. The summed E-state index contributed by atoms with van der Waals surface area (Å²) in [5, 5.41) is 9.63. The number of amides is 1. The Morgan fingerprint density at radius 3 is 2.75 bits per heavy atom. The molecule has 1 rings (SSSR count). The smallest absolute Gasteiger partial charge is 0.411 e. The highest BCUT2D eigenvalue weighted by Crippen LogP contribution is 2.33. The van der Waals surface area contributed by atoms with Crippen LogP contribution in [0, 0.1) is 11.3 Å². The molecule has 1 heterocycles. The molecule has 20 heavy (non-hydrogen) atoms. The number of likely N-dealkylation sites (tertiary alicyclic amines) is 1. The minimum atomic E-state index is -0.705. The summed E-state index contributed by atoms with van der Waals surface area (Å²) in [7, 11) is 0. The van der Waals surface area contributed by atoms with Crippen molar-refractivity contribution in [2.45, 2.75) is 70.4 Å². The lowest BCUT2D eigenvalue weighted by Gasteiger charge is -2.42. The first-order valence-electron chi connectivity index (χ1n) is 7.37. The monoisotopic (exact) mass is 278 g/mol. The van der Waals surface area contributed by atoms with Crippen LogP contribution in [-0.2, 0) is 4.74 Å². The van der Waals surface area contributed by atoms with Crippen molar-refractivity contribution in [3.8, 4) is 6.07 Å². The van der Waals surface area contributed by atoms with Crippen LogP contribution in [0.2, 0.25) is 0 Å². The number of piperidine rings is 1. The van der Waals surface area contributed by atoms with Crippen LogP contribution in [0.15, 0.2) is 12.7 Å². The van der Waals surface area contributed by atoms with Crippen LogP contribution in [0.4, 0.5) is 4.79 Å². The molecule has 1 aliphatic rings. The maximum absolute atomic E-state index is 12.4. The molecule has 0 aliphatic carbocycles. The fourth-order valence-corrected chi connectivity index (χ4v) is 2.59. The molecule has 1 fully saturated rings. The third kappa shape index (κ3) is 4.26. The molecular formula is C16H26N2O2. The first-order chi connectivity index (χ1) is 9.34. The van der Waals surface area contributed by atoms with Crippen LogP contribution in [0.1, 0.15) is 59.3 Å². The second-order valence-electron chi connectivity index (χ2n) is 6.41. The molecule has 1 aliphatic heterocycles. The van der Waals surface area contributed by atoms with Gasteiger partial charge in [-0.3, -0.25) is 4.90 Å². The third-order valence-electron chi connectivity index (χ3n) is 3.56. The number of hydrogen-bond acceptors (Lipinski definition) is 3. The van der Waals surface area contributed by atoms with Crippen molar-refractivity contribution in [3.05, 3.63) is 12.7 Å². The molecule has 0 radical (unpaired) electrons. The van der Waals surface area contributed by atoms with Gasteiger partial charge in [-0.1, -0.05) is 6.08 Å². The third-order valence-corrected chi connectivity index (χ3v) is 3.56. The summed E-state index contributed by atoms with van der Waals surface area (Å²) in [6.07, 6.45) is 6.57. The Morgan fingerprint density at radius 1 is 1.50 bits per heavy atom. The van der Waals surface area contributed by atoms with Gasteiger partial charge in [-0.05, 0) is 59.3 Å². The Kier molecular flexibility index (Phi) is 5.62. The molecular weight excluding hydrogens is 252 g/mol. The number of carbonyl (C=O) groups is 1. The van der Waals surface area contributed by atoms with Crippen molar-refractivity contribution in [1.29, 1.82) is 5.26 Å². The highest BCUT2D eigenvalue weighted by molar-refractivity contribution is 5.70. The predicted octanol–water partition coefficient (Wildman–Crippen LogP) is 4.03. The van der Waals surface area contributed by atoms with Gasteiger partial charge in [-0.2, -0.15) is 5.26 Å². The fraction of sp³-hybridized carbons (Fsp3) is 0.750. The van der Waals surface area contributed by atoms with E-state index in [1.54, 1.807) is 4.90 Å². The molecule has 0 saturated carbocycles. The molecule has 0 spiro atoms. The van der Waals surface area contributed by atoms with Crippen LogP contribution >= 0.6 is 0 Å². The molecule has 0 N–H and O–H groups in total. The maximum Gasteiger partial charge on any atom is 0.411 e. The van der Waals surface area contributed by atoms with E-state index in [-0.39, 0.29) is 6.09 Å². The van der Waals surface area contributed by atoms with Crippen molar-refractivity contribution in [2.24, 2.45) is 0 Å². The second kappa shape index (κ2) is 6.78. The average Bonchev–Trinajstić information content (AvgIpc) is 2.37. The lowest BCUT2D eigenvalue weighted by atomic mass is 9.83. The summed E-state index contributed by atoms with van der Waals surface area (Å²) in [6, 6.07) is 2.38. The molecule has 0 aromatic carbocycles. The SMILES string of the molecule is C=CCCCC1(C#N)CCCCN1C(=O)OC(C)(C)C. The molecule has 4 heteroatoms. The number of hydrogen-bond donors (Lipinski definition) is 0. The van der Waals surface area contributed by atoms with E-state index in [2.05, 4.69) is 12.6 Å². The van der Waals surface area contributed by atoms with Gasteiger partial charge in [0.15, 0.2) is 0 Å². The molecule has 1 atom stereocenters. The van der Waals surface area contributed by atoms with Gasteiger partial charge in [0.2, 0.25) is 0 Å². The zero-order chi connectivity index (χ0) is 15.2. The summed E-state index contributed by atoms with van der Waals surface area (Å²) >= 11 is 0. The van der Waals surface area contributed by atoms with E-state index in [1.807, 2.05) is 26.8 Å². The normalized spacial score (nSPS) is 23.0. The number of nitriles is 1. The molecule has 112 valence electrons. The van der Waals surface area contributed by atoms with E-state index in [4.69, 9.17) is 4.74 Å². The number of unbranched alkanes of at least 4 members (excludes halogenated alkanes) is 1. The summed E-state index contributed by atoms with van der Waals surface area (Å²) < 4.78 is 5.46. The number of nitrogens with zero attached hydrogens (tertiary/aromatic N) is 2. The molecule has 1 unspecified atom stereocenters. The molecule has 1 saturated heterocycles. The van der Waals surface area contributed by atoms with E-state index in [1.165, 1.54) is 0 Å². The minimum absolute atomic E-state index is 0.364. The maximum atomic E-state index is 12.4. The average molecular weight is 278 g/mol. The first kappa shape index (κ1) is 16.6.